The second-order valence-electron chi connectivity index (χ2n) is 11.3. The van der Waals surface area contributed by atoms with Gasteiger partial charge in [-0.1, -0.05) is 133 Å². The van der Waals surface area contributed by atoms with Gasteiger partial charge in [0.1, 0.15) is 0 Å². The summed E-state index contributed by atoms with van der Waals surface area (Å²) in [4.78, 5) is 0. The van der Waals surface area contributed by atoms with E-state index >= 15 is 0 Å². The van der Waals surface area contributed by atoms with Gasteiger partial charge in [-0.25, -0.2) is 0 Å². The topological polar surface area (TPSA) is 0 Å². The van der Waals surface area contributed by atoms with Gasteiger partial charge in [0.25, 0.3) is 0 Å². The van der Waals surface area contributed by atoms with Crippen LogP contribution >= 0.6 is 11.3 Å². The van der Waals surface area contributed by atoms with E-state index < -0.39 is 0 Å². The molecular formula is C42H26S. The number of hydrogen-bond acceptors (Lipinski definition) is 1. The van der Waals surface area contributed by atoms with Crippen molar-refractivity contribution >= 4 is 63.8 Å². The Bertz CT molecular complexity index is 2440. The first-order valence-electron chi connectivity index (χ1n) is 14.8. The van der Waals surface area contributed by atoms with Crippen molar-refractivity contribution in [3.8, 4) is 33.4 Å². The fourth-order valence-electron chi connectivity index (χ4n) is 6.83. The van der Waals surface area contributed by atoms with Gasteiger partial charge in [0.05, 0.1) is 0 Å². The third kappa shape index (κ3) is 3.90. The minimum atomic E-state index is 1.24. The Hall–Kier alpha value is -5.24. The van der Waals surface area contributed by atoms with Gasteiger partial charge in [-0.3, -0.25) is 0 Å². The summed E-state index contributed by atoms with van der Waals surface area (Å²) in [6.07, 6.45) is 0. The van der Waals surface area contributed by atoms with Crippen LogP contribution < -0.4 is 0 Å². The Morgan fingerprint density at radius 3 is 1.47 bits per heavy atom. The first kappa shape index (κ1) is 24.4. The van der Waals surface area contributed by atoms with Crippen LogP contribution in [0.1, 0.15) is 0 Å². The van der Waals surface area contributed by atoms with Gasteiger partial charge in [-0.15, -0.1) is 11.3 Å². The maximum Gasteiger partial charge on any atom is 0.0355 e. The van der Waals surface area contributed by atoms with Crippen molar-refractivity contribution in [2.75, 3.05) is 0 Å². The molecule has 0 nitrogen and oxygen atoms in total. The highest BCUT2D eigenvalue weighted by molar-refractivity contribution is 7.25. The van der Waals surface area contributed by atoms with Gasteiger partial charge < -0.3 is 0 Å². The third-order valence-electron chi connectivity index (χ3n) is 8.85. The largest absolute Gasteiger partial charge is 0.135 e. The van der Waals surface area contributed by atoms with E-state index in [9.17, 15) is 0 Å². The molecule has 1 heterocycles. The lowest BCUT2D eigenvalue weighted by atomic mass is 9.85. The molecule has 200 valence electrons. The summed E-state index contributed by atoms with van der Waals surface area (Å²) in [7, 11) is 0. The second-order valence-corrected chi connectivity index (χ2v) is 12.4. The van der Waals surface area contributed by atoms with Crippen molar-refractivity contribution in [1.29, 1.82) is 0 Å². The Labute approximate surface area is 254 Å². The summed E-state index contributed by atoms with van der Waals surface area (Å²) >= 11 is 1.87. The van der Waals surface area contributed by atoms with E-state index in [1.807, 2.05) is 11.3 Å². The van der Waals surface area contributed by atoms with Crippen LogP contribution in [-0.4, -0.2) is 0 Å². The van der Waals surface area contributed by atoms with Gasteiger partial charge >= 0.3 is 0 Å². The summed E-state index contributed by atoms with van der Waals surface area (Å²) in [5.74, 6) is 0. The van der Waals surface area contributed by atoms with Crippen molar-refractivity contribution in [3.63, 3.8) is 0 Å². The van der Waals surface area contributed by atoms with E-state index in [0.29, 0.717) is 0 Å². The molecule has 0 aliphatic heterocycles. The molecule has 9 rings (SSSR count). The predicted octanol–water partition coefficient (Wildman–Crippen LogP) is 12.5. The normalized spacial score (nSPS) is 11.7. The Morgan fingerprint density at radius 2 is 0.767 bits per heavy atom. The molecule has 0 amide bonds. The van der Waals surface area contributed by atoms with Crippen molar-refractivity contribution in [2.24, 2.45) is 0 Å². The molecule has 0 N–H and O–H groups in total. The van der Waals surface area contributed by atoms with Crippen LogP contribution in [0.3, 0.4) is 0 Å². The van der Waals surface area contributed by atoms with Crippen molar-refractivity contribution in [3.05, 3.63) is 158 Å². The van der Waals surface area contributed by atoms with E-state index in [-0.39, 0.29) is 0 Å². The highest BCUT2D eigenvalue weighted by Crippen LogP contribution is 2.44. The third-order valence-corrected chi connectivity index (χ3v) is 10.0. The molecule has 0 aliphatic rings. The van der Waals surface area contributed by atoms with Crippen LogP contribution in [0.5, 0.6) is 0 Å². The second kappa shape index (κ2) is 9.66. The molecule has 9 aromatic rings. The van der Waals surface area contributed by atoms with Crippen molar-refractivity contribution < 1.29 is 0 Å². The first-order valence-corrected chi connectivity index (χ1v) is 15.6. The fraction of sp³-hybridized carbons (Fsp3) is 0. The molecule has 0 unspecified atom stereocenters. The summed E-state index contributed by atoms with van der Waals surface area (Å²) in [5.41, 5.74) is 7.58. The number of benzene rings is 8. The van der Waals surface area contributed by atoms with E-state index in [1.165, 1.54) is 85.9 Å². The maximum absolute atomic E-state index is 2.35. The van der Waals surface area contributed by atoms with Crippen LogP contribution in [0, 0.1) is 0 Å². The van der Waals surface area contributed by atoms with Crippen LogP contribution in [0.15, 0.2) is 158 Å². The first-order chi connectivity index (χ1) is 21.3. The van der Waals surface area contributed by atoms with Crippen LogP contribution in [0.4, 0.5) is 0 Å². The van der Waals surface area contributed by atoms with Crippen LogP contribution in [0.25, 0.3) is 85.9 Å². The zero-order valence-corrected chi connectivity index (χ0v) is 24.2. The average molecular weight is 563 g/mol. The molecule has 1 heteroatoms. The highest BCUT2D eigenvalue weighted by Gasteiger charge is 2.17. The van der Waals surface area contributed by atoms with Gasteiger partial charge in [-0.05, 0) is 90.0 Å². The Morgan fingerprint density at radius 1 is 0.279 bits per heavy atom. The zero-order valence-electron chi connectivity index (χ0n) is 23.4. The van der Waals surface area contributed by atoms with Crippen molar-refractivity contribution in [1.82, 2.24) is 0 Å². The van der Waals surface area contributed by atoms with Gasteiger partial charge in [0, 0.05) is 20.2 Å². The molecule has 43 heavy (non-hydrogen) atoms. The molecule has 0 fully saturated rings. The monoisotopic (exact) mass is 562 g/mol. The lowest BCUT2D eigenvalue weighted by molar-refractivity contribution is 1.63. The highest BCUT2D eigenvalue weighted by atomic mass is 32.1. The van der Waals surface area contributed by atoms with E-state index in [4.69, 9.17) is 0 Å². The number of thiophene rings is 1. The summed E-state index contributed by atoms with van der Waals surface area (Å²) in [5, 5.41) is 10.3. The molecule has 1 aromatic heterocycles. The quantitative estimate of drug-likeness (QED) is 0.188. The number of rotatable bonds is 3. The van der Waals surface area contributed by atoms with Gasteiger partial charge in [-0.2, -0.15) is 0 Å². The van der Waals surface area contributed by atoms with E-state index in [2.05, 4.69) is 158 Å². The maximum atomic E-state index is 2.35. The summed E-state index contributed by atoms with van der Waals surface area (Å²) in [6.45, 7) is 0. The SMILES string of the molecule is c1ccc2cc(-c3c4ccccc4c(-c4ccc(-c5ccc6sc7ccccc7c6c5)cc4)c4ccccc34)ccc2c1. The standard InChI is InChI=1S/C42H26S/c1-2-10-30-25-32(22-19-27(30)9-1)42-36-14-5-3-12-34(36)41(35-13-4-6-15-37(35)42)29-20-17-28(18-21-29)31-23-24-40-38(26-31)33-11-7-8-16-39(33)43-40/h1-26H. The van der Waals surface area contributed by atoms with E-state index in [0.717, 1.165) is 0 Å². The Kier molecular flexibility index (Phi) is 5.47. The number of fused-ring (bicyclic) bond motifs is 6. The minimum absolute atomic E-state index is 1.24. The van der Waals surface area contributed by atoms with Crippen LogP contribution in [0.2, 0.25) is 0 Å². The van der Waals surface area contributed by atoms with Crippen LogP contribution in [-0.2, 0) is 0 Å². The average Bonchev–Trinajstić information content (AvgIpc) is 3.45. The summed E-state index contributed by atoms with van der Waals surface area (Å²) in [6, 6.07) is 58.0. The Balaban J connectivity index is 1.23. The summed E-state index contributed by atoms with van der Waals surface area (Å²) < 4.78 is 2.68. The molecule has 0 saturated carbocycles. The minimum Gasteiger partial charge on any atom is -0.135 e. The smallest absolute Gasteiger partial charge is 0.0355 e. The molecule has 0 aliphatic carbocycles. The lowest BCUT2D eigenvalue weighted by Gasteiger charge is -2.18. The van der Waals surface area contributed by atoms with E-state index in [1.54, 1.807) is 0 Å². The van der Waals surface area contributed by atoms with Gasteiger partial charge in [0.15, 0.2) is 0 Å². The van der Waals surface area contributed by atoms with Gasteiger partial charge in [0.2, 0.25) is 0 Å². The number of hydrogen-bond donors (Lipinski definition) is 0. The molecule has 8 aromatic carbocycles. The molecule has 0 radical (unpaired) electrons. The lowest BCUT2D eigenvalue weighted by Crippen LogP contribution is -1.91. The molecule has 0 bridgehead atoms. The molecule has 0 atom stereocenters. The fourth-order valence-corrected chi connectivity index (χ4v) is 7.92. The molecular weight excluding hydrogens is 537 g/mol. The predicted molar refractivity (Wildman–Crippen MR) is 188 cm³/mol. The molecule has 0 saturated heterocycles. The van der Waals surface area contributed by atoms with Crippen molar-refractivity contribution in [2.45, 2.75) is 0 Å². The zero-order chi connectivity index (χ0) is 28.3. The molecule has 0 spiro atoms.